The summed E-state index contributed by atoms with van der Waals surface area (Å²) >= 11 is 0. The third-order valence-corrected chi connectivity index (χ3v) is 2.93. The first-order valence-electron chi connectivity index (χ1n) is 6.68. The Kier molecular flexibility index (Phi) is 6.05. The van der Waals surface area contributed by atoms with Gasteiger partial charge >= 0.3 is 0 Å². The van der Waals surface area contributed by atoms with Crippen LogP contribution in [0, 0.1) is 5.92 Å². The van der Waals surface area contributed by atoms with E-state index in [-0.39, 0.29) is 5.91 Å². The highest BCUT2D eigenvalue weighted by atomic mass is 16.5. The number of hydrogen-bond donors (Lipinski definition) is 2. The van der Waals surface area contributed by atoms with Gasteiger partial charge in [-0.05, 0) is 12.8 Å². The number of carbonyl (C=O) groups excluding carboxylic acids is 1. The summed E-state index contributed by atoms with van der Waals surface area (Å²) in [6, 6.07) is 0. The first kappa shape index (κ1) is 15.4. The Labute approximate surface area is 109 Å². The smallest absolute Gasteiger partial charge is 0.220 e. The highest BCUT2D eigenvalue weighted by molar-refractivity contribution is 5.76. The number of amides is 1. The predicted molar refractivity (Wildman–Crippen MR) is 70.3 cm³/mol. The molecule has 0 aliphatic carbocycles. The summed E-state index contributed by atoms with van der Waals surface area (Å²) in [4.78, 5) is 13.7. The van der Waals surface area contributed by atoms with Crippen molar-refractivity contribution in [3.63, 3.8) is 0 Å². The largest absolute Gasteiger partial charge is 0.387 e. The van der Waals surface area contributed by atoms with Crippen LogP contribution in [0.5, 0.6) is 0 Å². The lowest BCUT2D eigenvalue weighted by molar-refractivity contribution is -0.123. The second kappa shape index (κ2) is 7.07. The summed E-state index contributed by atoms with van der Waals surface area (Å²) in [6.07, 6.45) is 0.508. The topological polar surface area (TPSA) is 61.8 Å². The van der Waals surface area contributed by atoms with Crippen molar-refractivity contribution in [2.45, 2.75) is 32.8 Å². The van der Waals surface area contributed by atoms with Crippen molar-refractivity contribution in [2.24, 2.45) is 5.92 Å². The quantitative estimate of drug-likeness (QED) is 0.716. The van der Waals surface area contributed by atoms with Gasteiger partial charge < -0.3 is 15.2 Å². The monoisotopic (exact) mass is 258 g/mol. The summed E-state index contributed by atoms with van der Waals surface area (Å²) in [5.74, 6) is 0.349. The van der Waals surface area contributed by atoms with Crippen LogP contribution in [0.15, 0.2) is 0 Å². The third kappa shape index (κ3) is 6.33. The number of ether oxygens (including phenoxy) is 1. The van der Waals surface area contributed by atoms with Crippen LogP contribution in [0.4, 0.5) is 0 Å². The maximum atomic E-state index is 11.5. The average molecular weight is 258 g/mol. The normalized spacial score (nSPS) is 20.7. The number of morpholine rings is 1. The Hall–Kier alpha value is -0.650. The Morgan fingerprint density at radius 3 is 2.61 bits per heavy atom. The third-order valence-electron chi connectivity index (χ3n) is 2.93. The maximum absolute atomic E-state index is 11.5. The summed E-state index contributed by atoms with van der Waals surface area (Å²) < 4.78 is 5.26. The number of carbonyl (C=O) groups is 1. The molecule has 0 aromatic rings. The molecule has 18 heavy (non-hydrogen) atoms. The summed E-state index contributed by atoms with van der Waals surface area (Å²) in [5, 5.41) is 13.0. The number of nitrogens with zero attached hydrogens (tertiary/aromatic N) is 1. The van der Waals surface area contributed by atoms with Crippen LogP contribution in [0.25, 0.3) is 0 Å². The fourth-order valence-electron chi connectivity index (χ4n) is 2.03. The van der Waals surface area contributed by atoms with E-state index in [0.717, 1.165) is 26.3 Å². The fraction of sp³-hybridized carbons (Fsp3) is 0.923. The zero-order valence-electron chi connectivity index (χ0n) is 11.7. The van der Waals surface area contributed by atoms with Gasteiger partial charge in [-0.2, -0.15) is 0 Å². The molecular weight excluding hydrogens is 232 g/mol. The molecule has 0 saturated carbocycles. The van der Waals surface area contributed by atoms with Crippen molar-refractivity contribution in [1.29, 1.82) is 0 Å². The van der Waals surface area contributed by atoms with Gasteiger partial charge in [0.05, 0.1) is 18.8 Å². The van der Waals surface area contributed by atoms with Gasteiger partial charge in [0.1, 0.15) is 0 Å². The minimum atomic E-state index is -0.885. The van der Waals surface area contributed by atoms with Crippen LogP contribution in [-0.2, 0) is 9.53 Å². The van der Waals surface area contributed by atoms with Gasteiger partial charge in [0, 0.05) is 32.6 Å². The molecule has 1 rings (SSSR count). The average Bonchev–Trinajstić information content (AvgIpc) is 2.26. The summed E-state index contributed by atoms with van der Waals surface area (Å²) in [6.45, 7) is 9.76. The van der Waals surface area contributed by atoms with E-state index in [1.54, 1.807) is 6.92 Å². The molecule has 106 valence electrons. The first-order valence-corrected chi connectivity index (χ1v) is 6.68. The van der Waals surface area contributed by atoms with Gasteiger partial charge in [0.15, 0.2) is 0 Å². The van der Waals surface area contributed by atoms with Crippen LogP contribution in [0.1, 0.15) is 27.2 Å². The van der Waals surface area contributed by atoms with Gasteiger partial charge in [-0.1, -0.05) is 13.8 Å². The Morgan fingerprint density at radius 2 is 2.06 bits per heavy atom. The summed E-state index contributed by atoms with van der Waals surface area (Å²) in [5.41, 5.74) is -0.885. The molecule has 1 aliphatic rings. The van der Waals surface area contributed by atoms with Crippen LogP contribution in [0.3, 0.4) is 0 Å². The molecule has 0 aromatic carbocycles. The Morgan fingerprint density at radius 1 is 1.44 bits per heavy atom. The standard InChI is InChI=1S/C13H26N2O3/c1-11(2)8-12(16)14-9-13(3,17)10-15-4-6-18-7-5-15/h11,17H,4-10H2,1-3H3,(H,14,16)/t13-/m1/s1. The van der Waals surface area contributed by atoms with Crippen molar-refractivity contribution in [3.05, 3.63) is 0 Å². The highest BCUT2D eigenvalue weighted by Crippen LogP contribution is 2.08. The fourth-order valence-corrected chi connectivity index (χ4v) is 2.03. The molecule has 0 unspecified atom stereocenters. The molecule has 5 nitrogen and oxygen atoms in total. The minimum absolute atomic E-state index is 0.00672. The van der Waals surface area contributed by atoms with Gasteiger partial charge in [0.25, 0.3) is 0 Å². The van der Waals surface area contributed by atoms with Crippen molar-refractivity contribution in [1.82, 2.24) is 10.2 Å². The second-order valence-electron chi connectivity index (χ2n) is 5.76. The van der Waals surface area contributed by atoms with Crippen molar-refractivity contribution >= 4 is 5.91 Å². The van der Waals surface area contributed by atoms with E-state index in [9.17, 15) is 9.90 Å². The first-order chi connectivity index (χ1) is 8.39. The molecule has 1 heterocycles. The van der Waals surface area contributed by atoms with Crippen LogP contribution < -0.4 is 5.32 Å². The lowest BCUT2D eigenvalue weighted by Crippen LogP contribution is -2.51. The predicted octanol–water partition coefficient (Wildman–Crippen LogP) is 0.232. The molecule has 1 amide bonds. The van der Waals surface area contributed by atoms with Crippen LogP contribution >= 0.6 is 0 Å². The lowest BCUT2D eigenvalue weighted by atomic mass is 10.1. The molecule has 0 radical (unpaired) electrons. The molecule has 1 fully saturated rings. The molecular formula is C13H26N2O3. The zero-order chi connectivity index (χ0) is 13.6. The molecule has 1 saturated heterocycles. The molecule has 1 aliphatic heterocycles. The minimum Gasteiger partial charge on any atom is -0.387 e. The molecule has 5 heteroatoms. The number of rotatable bonds is 6. The van der Waals surface area contributed by atoms with Crippen LogP contribution in [-0.4, -0.2) is 60.9 Å². The second-order valence-corrected chi connectivity index (χ2v) is 5.76. The molecule has 0 spiro atoms. The Balaban J connectivity index is 2.27. The van der Waals surface area contributed by atoms with Crippen molar-refractivity contribution < 1.29 is 14.6 Å². The summed E-state index contributed by atoms with van der Waals surface area (Å²) in [7, 11) is 0. The number of hydrogen-bond acceptors (Lipinski definition) is 4. The van der Waals surface area contributed by atoms with E-state index >= 15 is 0 Å². The Bertz CT molecular complexity index is 261. The van der Waals surface area contributed by atoms with E-state index in [2.05, 4.69) is 10.2 Å². The van der Waals surface area contributed by atoms with Crippen LogP contribution in [0.2, 0.25) is 0 Å². The van der Waals surface area contributed by atoms with E-state index in [1.165, 1.54) is 0 Å². The van der Waals surface area contributed by atoms with E-state index in [4.69, 9.17) is 4.74 Å². The molecule has 0 aromatic heterocycles. The SMILES string of the molecule is CC(C)CC(=O)NC[C@@](C)(O)CN1CCOCC1. The molecule has 1 atom stereocenters. The lowest BCUT2D eigenvalue weighted by Gasteiger charge is -2.33. The highest BCUT2D eigenvalue weighted by Gasteiger charge is 2.25. The van der Waals surface area contributed by atoms with Crippen molar-refractivity contribution in [3.8, 4) is 0 Å². The zero-order valence-corrected chi connectivity index (χ0v) is 11.7. The molecule has 0 bridgehead atoms. The van der Waals surface area contributed by atoms with Gasteiger partial charge in [-0.25, -0.2) is 0 Å². The molecule has 2 N–H and O–H groups in total. The van der Waals surface area contributed by atoms with Crippen molar-refractivity contribution in [2.75, 3.05) is 39.4 Å². The van der Waals surface area contributed by atoms with E-state index in [1.807, 2.05) is 13.8 Å². The maximum Gasteiger partial charge on any atom is 0.220 e. The van der Waals surface area contributed by atoms with Gasteiger partial charge in [-0.15, -0.1) is 0 Å². The van der Waals surface area contributed by atoms with E-state index < -0.39 is 5.60 Å². The van der Waals surface area contributed by atoms with Gasteiger partial charge in [0.2, 0.25) is 5.91 Å². The van der Waals surface area contributed by atoms with Gasteiger partial charge in [-0.3, -0.25) is 9.69 Å². The van der Waals surface area contributed by atoms with E-state index in [0.29, 0.717) is 25.4 Å². The number of aliphatic hydroxyl groups is 1. The number of β-amino-alcohol motifs (C(OH)–C–C–N with tert-alkyl or cyclic N) is 1. The number of nitrogens with one attached hydrogen (secondary N) is 1.